The Morgan fingerprint density at radius 2 is 1.94 bits per heavy atom. The number of nitrogens with zero attached hydrogens (tertiary/aromatic N) is 1. The Balaban J connectivity index is 1.42. The van der Waals surface area contributed by atoms with E-state index < -0.39 is 16.8 Å². The van der Waals surface area contributed by atoms with E-state index in [9.17, 15) is 14.4 Å². The van der Waals surface area contributed by atoms with E-state index in [1.54, 1.807) is 36.8 Å². The van der Waals surface area contributed by atoms with Crippen LogP contribution in [0.5, 0.6) is 5.75 Å². The lowest BCUT2D eigenvalue weighted by Crippen LogP contribution is -2.56. The molecular weight excluding hydrogens is 426 g/mol. The van der Waals surface area contributed by atoms with Crippen LogP contribution in [0.2, 0.25) is 0 Å². The van der Waals surface area contributed by atoms with Crippen molar-refractivity contribution in [2.45, 2.75) is 49.5 Å². The van der Waals surface area contributed by atoms with E-state index in [0.29, 0.717) is 17.9 Å². The summed E-state index contributed by atoms with van der Waals surface area (Å²) in [5, 5.41) is 5.46. The number of fused-ring (bicyclic) bond motifs is 3. The summed E-state index contributed by atoms with van der Waals surface area (Å²) in [6.07, 6.45) is 0. The number of carbonyl (C=O) groups is 3. The van der Waals surface area contributed by atoms with E-state index in [-0.39, 0.29) is 23.1 Å². The monoisotopic (exact) mass is 453 g/mol. The molecule has 168 valence electrons. The van der Waals surface area contributed by atoms with Crippen LogP contribution >= 0.6 is 11.8 Å². The van der Waals surface area contributed by atoms with Crippen molar-refractivity contribution in [3.8, 4) is 5.75 Å². The number of nitrogens with one attached hydrogen (secondary N) is 2. The largest absolute Gasteiger partial charge is 0.497 e. The highest BCUT2D eigenvalue weighted by Gasteiger charge is 2.57. The third kappa shape index (κ3) is 3.95. The first-order chi connectivity index (χ1) is 15.2. The van der Waals surface area contributed by atoms with Gasteiger partial charge in [-0.1, -0.05) is 30.3 Å². The van der Waals surface area contributed by atoms with Gasteiger partial charge < -0.3 is 20.3 Å². The lowest BCUT2D eigenvalue weighted by molar-refractivity contribution is -0.131. The molecule has 3 amide bonds. The predicted molar refractivity (Wildman–Crippen MR) is 123 cm³/mol. The van der Waals surface area contributed by atoms with Crippen molar-refractivity contribution in [1.29, 1.82) is 0 Å². The minimum Gasteiger partial charge on any atom is -0.497 e. The molecule has 1 saturated heterocycles. The molecule has 2 N–H and O–H groups in total. The number of ether oxygens (including phenoxy) is 1. The Morgan fingerprint density at radius 1 is 1.19 bits per heavy atom. The Morgan fingerprint density at radius 3 is 2.69 bits per heavy atom. The highest BCUT2D eigenvalue weighted by Crippen LogP contribution is 2.56. The molecule has 8 heteroatoms. The summed E-state index contributed by atoms with van der Waals surface area (Å²) < 4.78 is 4.71. The van der Waals surface area contributed by atoms with E-state index in [0.717, 1.165) is 11.1 Å². The van der Waals surface area contributed by atoms with Crippen molar-refractivity contribution < 1.29 is 19.1 Å². The molecule has 2 aromatic rings. The van der Waals surface area contributed by atoms with Crippen molar-refractivity contribution in [3.63, 3.8) is 0 Å². The molecule has 1 fully saturated rings. The second-order valence-corrected chi connectivity index (χ2v) is 10.3. The molecule has 2 aliphatic heterocycles. The third-order valence-electron chi connectivity index (χ3n) is 5.90. The summed E-state index contributed by atoms with van der Waals surface area (Å²) in [5.41, 5.74) is 2.48. The lowest BCUT2D eigenvalue weighted by Gasteiger charge is -2.30. The summed E-state index contributed by atoms with van der Waals surface area (Å²) in [4.78, 5) is 40.6. The molecule has 0 aromatic heterocycles. The van der Waals surface area contributed by atoms with Gasteiger partial charge in [0.15, 0.2) is 0 Å². The molecular formula is C24H27N3O4S. The van der Waals surface area contributed by atoms with Crippen LogP contribution in [0.3, 0.4) is 0 Å². The fraction of sp³-hybridized carbons (Fsp3) is 0.375. The van der Waals surface area contributed by atoms with E-state index in [1.807, 2.05) is 56.3 Å². The van der Waals surface area contributed by atoms with Crippen LogP contribution < -0.4 is 15.4 Å². The van der Waals surface area contributed by atoms with Gasteiger partial charge in [0, 0.05) is 16.9 Å². The number of methoxy groups -OCH3 is 1. The molecule has 0 saturated carbocycles. The molecule has 32 heavy (non-hydrogen) atoms. The van der Waals surface area contributed by atoms with Crippen molar-refractivity contribution in [2.75, 3.05) is 7.11 Å². The second-order valence-electron chi connectivity index (χ2n) is 8.58. The first-order valence-electron chi connectivity index (χ1n) is 10.5. The van der Waals surface area contributed by atoms with Crippen LogP contribution in [0.25, 0.3) is 0 Å². The SMILES string of the molecule is COc1cccc(CNC(=O)C(C)NC(=O)C2N3C(=O)c4ccccc4C3SC2(C)C)c1. The molecule has 4 rings (SSSR count). The molecule has 0 radical (unpaired) electrons. The van der Waals surface area contributed by atoms with Crippen LogP contribution in [-0.4, -0.2) is 46.6 Å². The zero-order valence-electron chi connectivity index (χ0n) is 18.5. The molecule has 7 nitrogen and oxygen atoms in total. The molecule has 3 atom stereocenters. The van der Waals surface area contributed by atoms with Crippen LogP contribution in [0.4, 0.5) is 0 Å². The van der Waals surface area contributed by atoms with E-state index in [1.165, 1.54) is 0 Å². The molecule has 2 heterocycles. The van der Waals surface area contributed by atoms with Crippen molar-refractivity contribution >= 4 is 29.5 Å². The predicted octanol–water partition coefficient (Wildman–Crippen LogP) is 2.86. The summed E-state index contributed by atoms with van der Waals surface area (Å²) in [6.45, 7) is 5.89. The minimum absolute atomic E-state index is 0.140. The van der Waals surface area contributed by atoms with Gasteiger partial charge in [0.2, 0.25) is 11.8 Å². The maximum Gasteiger partial charge on any atom is 0.256 e. The van der Waals surface area contributed by atoms with E-state index in [4.69, 9.17) is 4.74 Å². The quantitative estimate of drug-likeness (QED) is 0.702. The second kappa shape index (κ2) is 8.50. The fourth-order valence-electron chi connectivity index (χ4n) is 4.29. The Labute approximate surface area is 191 Å². The Bertz CT molecular complexity index is 1070. The normalized spacial score (nSPS) is 21.5. The third-order valence-corrected chi connectivity index (χ3v) is 7.43. The van der Waals surface area contributed by atoms with Gasteiger partial charge >= 0.3 is 0 Å². The van der Waals surface area contributed by atoms with Crippen molar-refractivity contribution in [2.24, 2.45) is 0 Å². The highest BCUT2D eigenvalue weighted by molar-refractivity contribution is 8.01. The molecule has 3 unspecified atom stereocenters. The van der Waals surface area contributed by atoms with Gasteiger partial charge in [0.1, 0.15) is 23.2 Å². The molecule has 2 aliphatic rings. The van der Waals surface area contributed by atoms with Gasteiger partial charge in [0.25, 0.3) is 5.91 Å². The summed E-state index contributed by atoms with van der Waals surface area (Å²) in [5.74, 6) is -0.0451. The van der Waals surface area contributed by atoms with Gasteiger partial charge in [-0.2, -0.15) is 0 Å². The van der Waals surface area contributed by atoms with Gasteiger partial charge in [-0.3, -0.25) is 14.4 Å². The number of rotatable bonds is 6. The zero-order valence-corrected chi connectivity index (χ0v) is 19.4. The van der Waals surface area contributed by atoms with E-state index in [2.05, 4.69) is 10.6 Å². The van der Waals surface area contributed by atoms with Crippen LogP contribution in [0, 0.1) is 0 Å². The van der Waals surface area contributed by atoms with Crippen molar-refractivity contribution in [3.05, 3.63) is 65.2 Å². The number of thioether (sulfide) groups is 1. The fourth-order valence-corrected chi connectivity index (χ4v) is 5.88. The van der Waals surface area contributed by atoms with Crippen LogP contribution in [0.1, 0.15) is 47.6 Å². The van der Waals surface area contributed by atoms with Gasteiger partial charge in [0.05, 0.1) is 7.11 Å². The molecule has 0 aliphatic carbocycles. The molecule has 0 bridgehead atoms. The van der Waals surface area contributed by atoms with Crippen LogP contribution in [-0.2, 0) is 16.1 Å². The smallest absolute Gasteiger partial charge is 0.256 e. The van der Waals surface area contributed by atoms with Gasteiger partial charge in [-0.15, -0.1) is 11.8 Å². The Kier molecular flexibility index (Phi) is 5.90. The number of benzene rings is 2. The van der Waals surface area contributed by atoms with Gasteiger partial charge in [-0.05, 0) is 50.1 Å². The number of carbonyl (C=O) groups excluding carboxylic acids is 3. The van der Waals surface area contributed by atoms with E-state index >= 15 is 0 Å². The number of amides is 3. The topological polar surface area (TPSA) is 87.7 Å². The molecule has 2 aromatic carbocycles. The summed E-state index contributed by atoms with van der Waals surface area (Å²) >= 11 is 1.60. The first kappa shape index (κ1) is 22.2. The summed E-state index contributed by atoms with van der Waals surface area (Å²) in [6, 6.07) is 13.5. The maximum atomic E-state index is 13.3. The zero-order chi connectivity index (χ0) is 23.0. The number of hydrogen-bond acceptors (Lipinski definition) is 5. The standard InChI is InChI=1S/C24H27N3O4S/c1-14(20(28)25-13-15-8-7-9-16(12-15)31-4)26-21(29)19-24(2,3)32-23-18-11-6-5-10-17(18)22(30)27(19)23/h5-12,14,19,23H,13H2,1-4H3,(H,25,28)(H,26,29). The summed E-state index contributed by atoms with van der Waals surface area (Å²) in [7, 11) is 1.59. The average Bonchev–Trinajstić information content (AvgIpc) is 3.21. The van der Waals surface area contributed by atoms with Crippen LogP contribution in [0.15, 0.2) is 48.5 Å². The highest BCUT2D eigenvalue weighted by atomic mass is 32.2. The molecule has 0 spiro atoms. The lowest BCUT2D eigenvalue weighted by atomic mass is 10.0. The maximum absolute atomic E-state index is 13.3. The average molecular weight is 454 g/mol. The Hall–Kier alpha value is -3.00. The first-order valence-corrected chi connectivity index (χ1v) is 11.4. The number of hydrogen-bond donors (Lipinski definition) is 2. The minimum atomic E-state index is -0.743. The van der Waals surface area contributed by atoms with Crippen molar-refractivity contribution in [1.82, 2.24) is 15.5 Å². The van der Waals surface area contributed by atoms with Gasteiger partial charge in [-0.25, -0.2) is 0 Å².